The summed E-state index contributed by atoms with van der Waals surface area (Å²) >= 11 is 0. The third kappa shape index (κ3) is 3.39. The lowest BCUT2D eigenvalue weighted by Gasteiger charge is -2.06. The zero-order valence-electron chi connectivity index (χ0n) is 7.15. The van der Waals surface area contributed by atoms with E-state index in [9.17, 15) is 0 Å². The van der Waals surface area contributed by atoms with E-state index < -0.39 is 0 Å². The Morgan fingerprint density at radius 2 is 2.00 bits per heavy atom. The van der Waals surface area contributed by atoms with Crippen LogP contribution in [-0.2, 0) is 0 Å². The SMILES string of the molecule is Cc1cnccc1C(C)N.Cl.Cl. The predicted molar refractivity (Wildman–Crippen MR) is 56.1 cm³/mol. The third-order valence-electron chi connectivity index (χ3n) is 1.55. The fourth-order valence-electron chi connectivity index (χ4n) is 0.995. The van der Waals surface area contributed by atoms with Crippen LogP contribution in [0.3, 0.4) is 0 Å². The summed E-state index contributed by atoms with van der Waals surface area (Å²) in [6.07, 6.45) is 3.60. The van der Waals surface area contributed by atoms with E-state index in [1.807, 2.05) is 26.1 Å². The number of nitrogens with zero attached hydrogens (tertiary/aromatic N) is 1. The van der Waals surface area contributed by atoms with E-state index in [-0.39, 0.29) is 30.9 Å². The van der Waals surface area contributed by atoms with Crippen LogP contribution >= 0.6 is 24.8 Å². The first-order chi connectivity index (χ1) is 4.72. The van der Waals surface area contributed by atoms with Gasteiger partial charge in [-0.1, -0.05) is 0 Å². The smallest absolute Gasteiger partial charge is 0.0300 e. The molecule has 1 rings (SSSR count). The highest BCUT2D eigenvalue weighted by Crippen LogP contribution is 2.11. The van der Waals surface area contributed by atoms with Gasteiger partial charge in [-0.2, -0.15) is 0 Å². The molecule has 1 atom stereocenters. The van der Waals surface area contributed by atoms with Gasteiger partial charge in [0.1, 0.15) is 0 Å². The molecule has 70 valence electrons. The molecule has 2 nitrogen and oxygen atoms in total. The Morgan fingerprint density at radius 3 is 2.33 bits per heavy atom. The molecule has 0 bridgehead atoms. The molecule has 1 heterocycles. The van der Waals surface area contributed by atoms with Gasteiger partial charge in [0, 0.05) is 18.4 Å². The van der Waals surface area contributed by atoms with Gasteiger partial charge in [0.05, 0.1) is 0 Å². The lowest BCUT2D eigenvalue weighted by atomic mass is 10.1. The molecule has 1 aromatic rings. The molecule has 0 radical (unpaired) electrons. The molecular weight excluding hydrogens is 195 g/mol. The van der Waals surface area contributed by atoms with E-state index in [1.165, 1.54) is 5.56 Å². The van der Waals surface area contributed by atoms with Crippen molar-refractivity contribution in [1.82, 2.24) is 4.98 Å². The largest absolute Gasteiger partial charge is 0.324 e. The van der Waals surface area contributed by atoms with Crippen LogP contribution in [0.4, 0.5) is 0 Å². The second-order valence-electron chi connectivity index (χ2n) is 2.52. The minimum Gasteiger partial charge on any atom is -0.324 e. The van der Waals surface area contributed by atoms with Crippen LogP contribution in [0.2, 0.25) is 0 Å². The van der Waals surface area contributed by atoms with Crippen molar-refractivity contribution in [3.05, 3.63) is 29.6 Å². The summed E-state index contributed by atoms with van der Waals surface area (Å²) < 4.78 is 0. The highest BCUT2D eigenvalue weighted by molar-refractivity contribution is 5.85. The Kier molecular flexibility index (Phi) is 7.39. The number of nitrogens with two attached hydrogens (primary N) is 1. The Hall–Kier alpha value is -0.310. The molecule has 4 heteroatoms. The molecule has 0 spiro atoms. The minimum absolute atomic E-state index is 0. The molecule has 0 aromatic carbocycles. The summed E-state index contributed by atoms with van der Waals surface area (Å²) in [5.41, 5.74) is 8.03. The van der Waals surface area contributed by atoms with Gasteiger partial charge < -0.3 is 5.73 Å². The molecule has 0 aliphatic heterocycles. The van der Waals surface area contributed by atoms with E-state index in [1.54, 1.807) is 6.20 Å². The van der Waals surface area contributed by atoms with Crippen molar-refractivity contribution in [1.29, 1.82) is 0 Å². The molecule has 1 unspecified atom stereocenters. The van der Waals surface area contributed by atoms with E-state index >= 15 is 0 Å². The van der Waals surface area contributed by atoms with Crippen LogP contribution in [0.25, 0.3) is 0 Å². The quantitative estimate of drug-likeness (QED) is 0.770. The fraction of sp³-hybridized carbons (Fsp3) is 0.375. The third-order valence-corrected chi connectivity index (χ3v) is 1.55. The maximum absolute atomic E-state index is 5.69. The van der Waals surface area contributed by atoms with Gasteiger partial charge in [-0.3, -0.25) is 4.98 Å². The maximum atomic E-state index is 5.69. The van der Waals surface area contributed by atoms with Crippen LogP contribution in [0.1, 0.15) is 24.1 Å². The van der Waals surface area contributed by atoms with Crippen molar-refractivity contribution >= 4 is 24.8 Å². The van der Waals surface area contributed by atoms with Gasteiger partial charge in [0.2, 0.25) is 0 Å². The second-order valence-corrected chi connectivity index (χ2v) is 2.52. The van der Waals surface area contributed by atoms with E-state index in [0.29, 0.717) is 0 Å². The molecule has 2 N–H and O–H groups in total. The Bertz CT molecular complexity index is 226. The highest BCUT2D eigenvalue weighted by atomic mass is 35.5. The van der Waals surface area contributed by atoms with Crippen LogP contribution in [0.5, 0.6) is 0 Å². The first-order valence-electron chi connectivity index (χ1n) is 3.38. The molecule has 0 aliphatic carbocycles. The van der Waals surface area contributed by atoms with Crippen molar-refractivity contribution in [3.63, 3.8) is 0 Å². The van der Waals surface area contributed by atoms with Crippen molar-refractivity contribution in [2.75, 3.05) is 0 Å². The van der Waals surface area contributed by atoms with Gasteiger partial charge in [-0.05, 0) is 31.0 Å². The zero-order valence-corrected chi connectivity index (χ0v) is 8.78. The number of pyridine rings is 1. The predicted octanol–water partition coefficient (Wildman–Crippen LogP) is 2.25. The van der Waals surface area contributed by atoms with E-state index in [4.69, 9.17) is 5.73 Å². The second kappa shape index (κ2) is 6.23. The lowest BCUT2D eigenvalue weighted by Crippen LogP contribution is -2.06. The first kappa shape index (κ1) is 14.2. The number of halogens is 2. The Labute approximate surface area is 85.4 Å². The zero-order chi connectivity index (χ0) is 7.56. The average molecular weight is 209 g/mol. The molecule has 0 fully saturated rings. The van der Waals surface area contributed by atoms with Crippen molar-refractivity contribution < 1.29 is 0 Å². The molecule has 0 amide bonds. The summed E-state index contributed by atoms with van der Waals surface area (Å²) in [6, 6.07) is 2.07. The molecule has 0 saturated carbocycles. The number of hydrogen-bond donors (Lipinski definition) is 1. The summed E-state index contributed by atoms with van der Waals surface area (Å²) in [7, 11) is 0. The summed E-state index contributed by atoms with van der Waals surface area (Å²) in [5, 5.41) is 0. The standard InChI is InChI=1S/C8H12N2.2ClH/c1-6-5-10-4-3-8(6)7(2)9;;/h3-5,7H,9H2,1-2H3;2*1H. The van der Waals surface area contributed by atoms with Crippen LogP contribution in [-0.4, -0.2) is 4.98 Å². The number of aryl methyl sites for hydroxylation is 1. The number of rotatable bonds is 1. The summed E-state index contributed by atoms with van der Waals surface area (Å²) in [6.45, 7) is 3.99. The normalized spacial score (nSPS) is 10.9. The molecule has 0 aliphatic rings. The first-order valence-corrected chi connectivity index (χ1v) is 3.38. The number of aromatic nitrogens is 1. The maximum Gasteiger partial charge on any atom is 0.0300 e. The molecule has 1 aromatic heterocycles. The fourth-order valence-corrected chi connectivity index (χ4v) is 0.995. The van der Waals surface area contributed by atoms with E-state index in [2.05, 4.69) is 4.98 Å². The monoisotopic (exact) mass is 208 g/mol. The molecular formula is C8H14Cl2N2. The lowest BCUT2D eigenvalue weighted by molar-refractivity contribution is 0.806. The minimum atomic E-state index is 0. The van der Waals surface area contributed by atoms with Crippen LogP contribution < -0.4 is 5.73 Å². The van der Waals surface area contributed by atoms with Gasteiger partial charge in [0.25, 0.3) is 0 Å². The van der Waals surface area contributed by atoms with Crippen LogP contribution in [0, 0.1) is 6.92 Å². The van der Waals surface area contributed by atoms with Crippen LogP contribution in [0.15, 0.2) is 18.5 Å². The highest BCUT2D eigenvalue weighted by Gasteiger charge is 2.00. The van der Waals surface area contributed by atoms with Gasteiger partial charge in [-0.15, -0.1) is 24.8 Å². The molecule has 12 heavy (non-hydrogen) atoms. The summed E-state index contributed by atoms with van der Waals surface area (Å²) in [4.78, 5) is 3.97. The van der Waals surface area contributed by atoms with Crippen molar-refractivity contribution in [2.45, 2.75) is 19.9 Å². The van der Waals surface area contributed by atoms with E-state index in [0.717, 1.165) is 5.56 Å². The molecule has 0 saturated heterocycles. The summed E-state index contributed by atoms with van der Waals surface area (Å²) in [5.74, 6) is 0. The Balaban J connectivity index is 0. The van der Waals surface area contributed by atoms with Gasteiger partial charge in [0.15, 0.2) is 0 Å². The average Bonchev–Trinajstić information content (AvgIpc) is 1.88. The number of hydrogen-bond acceptors (Lipinski definition) is 2. The van der Waals surface area contributed by atoms with Crippen molar-refractivity contribution in [3.8, 4) is 0 Å². The Morgan fingerprint density at radius 1 is 1.42 bits per heavy atom. The topological polar surface area (TPSA) is 38.9 Å². The van der Waals surface area contributed by atoms with Gasteiger partial charge >= 0.3 is 0 Å². The van der Waals surface area contributed by atoms with Crippen molar-refractivity contribution in [2.24, 2.45) is 5.73 Å². The van der Waals surface area contributed by atoms with Gasteiger partial charge in [-0.25, -0.2) is 0 Å².